The SMILES string of the molecule is CCCCCCOc1ccc(C(=O)Oc2ccccc2NC(=O)CC)cc1Br. The molecule has 0 bridgehead atoms. The summed E-state index contributed by atoms with van der Waals surface area (Å²) in [6.45, 7) is 4.58. The number of carbonyl (C=O) groups is 2. The number of hydrogen-bond acceptors (Lipinski definition) is 4. The first kappa shape index (κ1) is 22.0. The van der Waals surface area contributed by atoms with E-state index in [0.717, 1.165) is 12.8 Å². The molecule has 2 aromatic carbocycles. The van der Waals surface area contributed by atoms with Gasteiger partial charge in [-0.05, 0) is 52.7 Å². The van der Waals surface area contributed by atoms with Gasteiger partial charge in [-0.3, -0.25) is 4.79 Å². The molecule has 0 fully saturated rings. The van der Waals surface area contributed by atoms with Crippen LogP contribution >= 0.6 is 15.9 Å². The molecule has 2 rings (SSSR count). The smallest absolute Gasteiger partial charge is 0.343 e. The topological polar surface area (TPSA) is 64.6 Å². The van der Waals surface area contributed by atoms with E-state index in [-0.39, 0.29) is 5.91 Å². The van der Waals surface area contributed by atoms with Crippen LogP contribution in [0.2, 0.25) is 0 Å². The Balaban J connectivity index is 2.01. The van der Waals surface area contributed by atoms with E-state index in [1.165, 1.54) is 12.8 Å². The molecule has 2 aromatic rings. The van der Waals surface area contributed by atoms with E-state index in [4.69, 9.17) is 9.47 Å². The lowest BCUT2D eigenvalue weighted by Gasteiger charge is -2.12. The van der Waals surface area contributed by atoms with Crippen molar-refractivity contribution in [2.75, 3.05) is 11.9 Å². The Morgan fingerprint density at radius 2 is 1.79 bits per heavy atom. The van der Waals surface area contributed by atoms with Crippen LogP contribution in [0.25, 0.3) is 0 Å². The Bertz CT molecular complexity index is 807. The molecule has 0 aliphatic carbocycles. The van der Waals surface area contributed by atoms with Gasteiger partial charge in [-0.25, -0.2) is 4.79 Å². The van der Waals surface area contributed by atoms with E-state index >= 15 is 0 Å². The number of hydrogen-bond donors (Lipinski definition) is 1. The number of benzene rings is 2. The minimum atomic E-state index is -0.506. The largest absolute Gasteiger partial charge is 0.492 e. The molecule has 0 unspecified atom stereocenters. The van der Waals surface area contributed by atoms with Crippen LogP contribution in [-0.2, 0) is 4.79 Å². The molecule has 6 heteroatoms. The van der Waals surface area contributed by atoms with Gasteiger partial charge in [-0.15, -0.1) is 0 Å². The minimum absolute atomic E-state index is 0.147. The quantitative estimate of drug-likeness (QED) is 0.276. The molecule has 0 heterocycles. The average Bonchev–Trinajstić information content (AvgIpc) is 2.70. The Morgan fingerprint density at radius 3 is 2.50 bits per heavy atom. The number of carbonyl (C=O) groups excluding carboxylic acids is 2. The zero-order valence-corrected chi connectivity index (χ0v) is 17.9. The number of unbranched alkanes of at least 4 members (excludes halogenated alkanes) is 3. The third kappa shape index (κ3) is 6.68. The summed E-state index contributed by atoms with van der Waals surface area (Å²) in [6.07, 6.45) is 4.88. The van der Waals surface area contributed by atoms with Crippen molar-refractivity contribution in [2.45, 2.75) is 46.0 Å². The second kappa shape index (κ2) is 11.5. The number of para-hydroxylation sites is 2. The molecule has 1 N–H and O–H groups in total. The molecule has 5 nitrogen and oxygen atoms in total. The van der Waals surface area contributed by atoms with Crippen LogP contribution in [0.3, 0.4) is 0 Å². The van der Waals surface area contributed by atoms with Crippen molar-refractivity contribution in [3.8, 4) is 11.5 Å². The molecular weight excluding hydrogens is 422 g/mol. The van der Waals surface area contributed by atoms with E-state index in [1.54, 1.807) is 49.4 Å². The summed E-state index contributed by atoms with van der Waals surface area (Å²) in [5.74, 6) is 0.352. The summed E-state index contributed by atoms with van der Waals surface area (Å²) in [7, 11) is 0. The van der Waals surface area contributed by atoms with Crippen molar-refractivity contribution in [1.82, 2.24) is 0 Å². The number of amides is 1. The van der Waals surface area contributed by atoms with Crippen molar-refractivity contribution in [3.63, 3.8) is 0 Å². The Kier molecular flexibility index (Phi) is 9.01. The lowest BCUT2D eigenvalue weighted by Crippen LogP contribution is -2.13. The van der Waals surface area contributed by atoms with Crippen molar-refractivity contribution in [1.29, 1.82) is 0 Å². The number of esters is 1. The first-order valence-corrected chi connectivity index (χ1v) is 10.4. The van der Waals surface area contributed by atoms with Gasteiger partial charge in [0.15, 0.2) is 5.75 Å². The summed E-state index contributed by atoms with van der Waals surface area (Å²) in [4.78, 5) is 24.2. The van der Waals surface area contributed by atoms with Crippen molar-refractivity contribution in [2.24, 2.45) is 0 Å². The van der Waals surface area contributed by atoms with E-state index in [0.29, 0.717) is 40.3 Å². The first-order chi connectivity index (χ1) is 13.5. The molecule has 0 saturated heterocycles. The van der Waals surface area contributed by atoms with Crippen LogP contribution in [0, 0.1) is 0 Å². The van der Waals surface area contributed by atoms with Crippen molar-refractivity contribution >= 4 is 33.5 Å². The van der Waals surface area contributed by atoms with E-state index in [9.17, 15) is 9.59 Å². The summed E-state index contributed by atoms with van der Waals surface area (Å²) in [5, 5.41) is 2.73. The predicted octanol–water partition coefficient (Wildman–Crippen LogP) is 5.98. The normalized spacial score (nSPS) is 10.4. The Labute approximate surface area is 174 Å². The maximum atomic E-state index is 12.5. The molecule has 28 heavy (non-hydrogen) atoms. The molecule has 1 amide bonds. The number of ether oxygens (including phenoxy) is 2. The fraction of sp³-hybridized carbons (Fsp3) is 0.364. The van der Waals surface area contributed by atoms with Gasteiger partial charge in [0.05, 0.1) is 22.3 Å². The predicted molar refractivity (Wildman–Crippen MR) is 114 cm³/mol. The molecule has 0 aliphatic rings. The highest BCUT2D eigenvalue weighted by molar-refractivity contribution is 9.10. The molecule has 0 spiro atoms. The molecular formula is C22H26BrNO4. The van der Waals surface area contributed by atoms with Crippen molar-refractivity contribution < 1.29 is 19.1 Å². The summed E-state index contributed by atoms with van der Waals surface area (Å²) >= 11 is 3.45. The zero-order valence-electron chi connectivity index (χ0n) is 16.3. The van der Waals surface area contributed by atoms with Crippen LogP contribution in [0.4, 0.5) is 5.69 Å². The second-order valence-electron chi connectivity index (χ2n) is 6.34. The number of anilines is 1. The van der Waals surface area contributed by atoms with Crippen LogP contribution < -0.4 is 14.8 Å². The first-order valence-electron chi connectivity index (χ1n) is 9.58. The number of rotatable bonds is 10. The lowest BCUT2D eigenvalue weighted by atomic mass is 10.2. The van der Waals surface area contributed by atoms with Crippen molar-refractivity contribution in [3.05, 3.63) is 52.5 Å². The van der Waals surface area contributed by atoms with Crippen LogP contribution in [-0.4, -0.2) is 18.5 Å². The number of nitrogens with one attached hydrogen (secondary N) is 1. The average molecular weight is 448 g/mol. The van der Waals surface area contributed by atoms with E-state index in [1.807, 2.05) is 0 Å². The minimum Gasteiger partial charge on any atom is -0.492 e. The summed E-state index contributed by atoms with van der Waals surface area (Å²) in [5.41, 5.74) is 0.857. The van der Waals surface area contributed by atoms with Crippen LogP contribution in [0.1, 0.15) is 56.3 Å². The van der Waals surface area contributed by atoms with Gasteiger partial charge in [0, 0.05) is 6.42 Å². The third-order valence-corrected chi connectivity index (χ3v) is 4.73. The number of halogens is 1. The maximum absolute atomic E-state index is 12.5. The van der Waals surface area contributed by atoms with E-state index in [2.05, 4.69) is 28.2 Å². The Morgan fingerprint density at radius 1 is 1.00 bits per heavy atom. The molecule has 0 saturated carbocycles. The highest BCUT2D eigenvalue weighted by Crippen LogP contribution is 2.28. The van der Waals surface area contributed by atoms with E-state index < -0.39 is 5.97 Å². The summed E-state index contributed by atoms with van der Waals surface area (Å²) < 4.78 is 11.9. The lowest BCUT2D eigenvalue weighted by molar-refractivity contribution is -0.115. The standard InChI is InChI=1S/C22H26BrNO4/c1-3-5-6-9-14-27-19-13-12-16(15-17(19)23)22(26)28-20-11-8-7-10-18(20)24-21(25)4-2/h7-8,10-13,15H,3-6,9,14H2,1-2H3,(H,24,25). The van der Waals surface area contributed by atoms with Gasteiger partial charge in [0.1, 0.15) is 5.75 Å². The van der Waals surface area contributed by atoms with Gasteiger partial charge in [-0.1, -0.05) is 45.2 Å². The second-order valence-corrected chi connectivity index (χ2v) is 7.20. The highest BCUT2D eigenvalue weighted by Gasteiger charge is 2.14. The molecule has 0 aliphatic heterocycles. The monoisotopic (exact) mass is 447 g/mol. The zero-order chi connectivity index (χ0) is 20.4. The van der Waals surface area contributed by atoms with Gasteiger partial charge in [0.2, 0.25) is 5.91 Å². The van der Waals surface area contributed by atoms with Gasteiger partial charge < -0.3 is 14.8 Å². The molecule has 150 valence electrons. The Hall–Kier alpha value is -2.34. The van der Waals surface area contributed by atoms with Crippen LogP contribution in [0.5, 0.6) is 11.5 Å². The fourth-order valence-corrected chi connectivity index (χ4v) is 3.01. The molecule has 0 atom stereocenters. The molecule has 0 radical (unpaired) electrons. The van der Waals surface area contributed by atoms with Crippen LogP contribution in [0.15, 0.2) is 46.9 Å². The fourth-order valence-electron chi connectivity index (χ4n) is 2.51. The van der Waals surface area contributed by atoms with Gasteiger partial charge >= 0.3 is 5.97 Å². The summed E-state index contributed by atoms with van der Waals surface area (Å²) in [6, 6.07) is 12.0. The van der Waals surface area contributed by atoms with Gasteiger partial charge in [-0.2, -0.15) is 0 Å². The highest BCUT2D eigenvalue weighted by atomic mass is 79.9. The third-order valence-electron chi connectivity index (χ3n) is 4.11. The maximum Gasteiger partial charge on any atom is 0.343 e. The van der Waals surface area contributed by atoms with Gasteiger partial charge in [0.25, 0.3) is 0 Å². The molecule has 0 aromatic heterocycles.